The second-order valence-corrected chi connectivity index (χ2v) is 5.15. The van der Waals surface area contributed by atoms with Crippen LogP contribution in [-0.4, -0.2) is 36.5 Å². The molecule has 1 amide bonds. The molecule has 2 fully saturated rings. The van der Waals surface area contributed by atoms with Crippen molar-refractivity contribution in [2.24, 2.45) is 0 Å². The van der Waals surface area contributed by atoms with Crippen molar-refractivity contribution >= 4 is 5.91 Å². The van der Waals surface area contributed by atoms with Crippen molar-refractivity contribution in [3.63, 3.8) is 0 Å². The van der Waals surface area contributed by atoms with E-state index >= 15 is 0 Å². The van der Waals surface area contributed by atoms with Crippen molar-refractivity contribution in [3.8, 4) is 0 Å². The number of rotatable bonds is 2. The summed E-state index contributed by atoms with van der Waals surface area (Å²) in [6.45, 7) is 3.08. The van der Waals surface area contributed by atoms with Crippen LogP contribution < -0.4 is 5.32 Å². The lowest BCUT2D eigenvalue weighted by molar-refractivity contribution is -0.132. The van der Waals surface area contributed by atoms with Crippen LogP contribution in [0.1, 0.15) is 51.4 Å². The van der Waals surface area contributed by atoms with Crippen molar-refractivity contribution in [1.82, 2.24) is 10.2 Å². The number of hydrogen-bond acceptors (Lipinski definition) is 2. The third-order valence-corrected chi connectivity index (χ3v) is 3.79. The van der Waals surface area contributed by atoms with E-state index in [9.17, 15) is 4.79 Å². The van der Waals surface area contributed by atoms with Gasteiger partial charge in [0, 0.05) is 25.6 Å². The maximum absolute atomic E-state index is 12.1. The van der Waals surface area contributed by atoms with Crippen LogP contribution in [0.2, 0.25) is 0 Å². The number of nitrogens with zero attached hydrogens (tertiary/aromatic N) is 1. The largest absolute Gasteiger partial charge is 0.343 e. The fraction of sp³-hybridized carbons (Fsp3) is 0.923. The van der Waals surface area contributed by atoms with Crippen LogP contribution in [-0.2, 0) is 4.79 Å². The topological polar surface area (TPSA) is 32.3 Å². The van der Waals surface area contributed by atoms with Gasteiger partial charge in [0.2, 0.25) is 5.91 Å². The summed E-state index contributed by atoms with van der Waals surface area (Å²) in [6.07, 6.45) is 9.48. The van der Waals surface area contributed by atoms with Crippen molar-refractivity contribution in [2.75, 3.05) is 19.6 Å². The second kappa shape index (κ2) is 6.24. The van der Waals surface area contributed by atoms with Gasteiger partial charge in [0.1, 0.15) is 0 Å². The molecule has 1 N–H and O–H groups in total. The monoisotopic (exact) mass is 224 g/mol. The number of carbonyl (C=O) groups excluding carboxylic acids is 1. The van der Waals surface area contributed by atoms with Crippen LogP contribution in [0.5, 0.6) is 0 Å². The van der Waals surface area contributed by atoms with Crippen molar-refractivity contribution in [3.05, 3.63) is 0 Å². The maximum atomic E-state index is 12.1. The quantitative estimate of drug-likeness (QED) is 0.777. The first kappa shape index (κ1) is 11.9. The van der Waals surface area contributed by atoms with Gasteiger partial charge in [0.15, 0.2) is 0 Å². The summed E-state index contributed by atoms with van der Waals surface area (Å²) in [5, 5.41) is 3.41. The summed E-state index contributed by atoms with van der Waals surface area (Å²) in [5.74, 6) is 0.376. The zero-order valence-corrected chi connectivity index (χ0v) is 10.2. The van der Waals surface area contributed by atoms with Gasteiger partial charge in [-0.1, -0.05) is 19.3 Å². The lowest BCUT2D eigenvalue weighted by Gasteiger charge is -2.26. The first-order valence-corrected chi connectivity index (χ1v) is 6.87. The Balaban J connectivity index is 1.76. The molecule has 0 spiro atoms. The Labute approximate surface area is 98.6 Å². The molecular weight excluding hydrogens is 200 g/mol. The minimum absolute atomic E-state index is 0.376. The predicted octanol–water partition coefficient (Wildman–Crippen LogP) is 1.92. The average molecular weight is 224 g/mol. The Kier molecular flexibility index (Phi) is 4.64. The molecule has 2 aliphatic rings. The number of hydrogen-bond donors (Lipinski definition) is 1. The van der Waals surface area contributed by atoms with E-state index in [1.54, 1.807) is 0 Å². The van der Waals surface area contributed by atoms with Crippen molar-refractivity contribution in [2.45, 2.75) is 57.4 Å². The molecule has 2 aliphatic heterocycles. The maximum Gasteiger partial charge on any atom is 0.224 e. The summed E-state index contributed by atoms with van der Waals surface area (Å²) >= 11 is 0. The highest BCUT2D eigenvalue weighted by molar-refractivity contribution is 5.76. The molecule has 0 saturated carbocycles. The highest BCUT2D eigenvalue weighted by Crippen LogP contribution is 2.14. The Morgan fingerprint density at radius 3 is 2.38 bits per heavy atom. The summed E-state index contributed by atoms with van der Waals surface area (Å²) in [6, 6.07) is 0.456. The molecule has 0 aromatic carbocycles. The molecule has 0 bridgehead atoms. The molecule has 16 heavy (non-hydrogen) atoms. The van der Waals surface area contributed by atoms with Crippen LogP contribution in [0.25, 0.3) is 0 Å². The lowest BCUT2D eigenvalue weighted by Crippen LogP contribution is -2.37. The normalized spacial score (nSPS) is 27.5. The molecule has 2 rings (SSSR count). The van der Waals surface area contributed by atoms with Gasteiger partial charge in [0.05, 0.1) is 0 Å². The van der Waals surface area contributed by atoms with Gasteiger partial charge in [-0.3, -0.25) is 4.79 Å². The van der Waals surface area contributed by atoms with Crippen molar-refractivity contribution < 1.29 is 4.79 Å². The molecule has 92 valence electrons. The van der Waals surface area contributed by atoms with E-state index in [1.165, 1.54) is 44.9 Å². The summed E-state index contributed by atoms with van der Waals surface area (Å²) in [4.78, 5) is 14.2. The zero-order chi connectivity index (χ0) is 11.2. The molecule has 2 heterocycles. The van der Waals surface area contributed by atoms with Gasteiger partial charge in [0.25, 0.3) is 0 Å². The fourth-order valence-electron chi connectivity index (χ4n) is 2.77. The molecule has 0 radical (unpaired) electrons. The number of amides is 1. The first-order chi connectivity index (χ1) is 7.86. The smallest absolute Gasteiger partial charge is 0.224 e. The minimum atomic E-state index is 0.376. The van der Waals surface area contributed by atoms with Crippen LogP contribution in [0.3, 0.4) is 0 Å². The van der Waals surface area contributed by atoms with E-state index < -0.39 is 0 Å². The molecular formula is C13H24N2O. The highest BCUT2D eigenvalue weighted by atomic mass is 16.2. The van der Waals surface area contributed by atoms with E-state index in [0.29, 0.717) is 11.9 Å². The van der Waals surface area contributed by atoms with E-state index in [-0.39, 0.29) is 0 Å². The van der Waals surface area contributed by atoms with Gasteiger partial charge >= 0.3 is 0 Å². The molecule has 3 heteroatoms. The molecule has 1 unspecified atom stereocenters. The highest BCUT2D eigenvalue weighted by Gasteiger charge is 2.21. The Bertz CT molecular complexity index is 216. The van der Waals surface area contributed by atoms with Gasteiger partial charge in [-0.2, -0.15) is 0 Å². The minimum Gasteiger partial charge on any atom is -0.343 e. The molecule has 0 aromatic rings. The van der Waals surface area contributed by atoms with Gasteiger partial charge in [-0.05, 0) is 32.2 Å². The number of likely N-dealkylation sites (tertiary alicyclic amines) is 1. The SMILES string of the molecule is O=C(CC1CCCN1)N1CCCCCCC1. The number of nitrogens with one attached hydrogen (secondary N) is 1. The van der Waals surface area contributed by atoms with Gasteiger partial charge < -0.3 is 10.2 Å². The Hall–Kier alpha value is -0.570. The van der Waals surface area contributed by atoms with E-state index in [0.717, 1.165) is 26.1 Å². The van der Waals surface area contributed by atoms with E-state index in [2.05, 4.69) is 10.2 Å². The standard InChI is InChI=1S/C13H24N2O/c16-13(11-12-7-6-8-14-12)15-9-4-2-1-3-5-10-15/h12,14H,1-11H2. The summed E-state index contributed by atoms with van der Waals surface area (Å²) in [7, 11) is 0. The van der Waals surface area contributed by atoms with Crippen LogP contribution in [0, 0.1) is 0 Å². The van der Waals surface area contributed by atoms with Gasteiger partial charge in [-0.15, -0.1) is 0 Å². The molecule has 0 aromatic heterocycles. The molecule has 1 atom stereocenters. The fourth-order valence-corrected chi connectivity index (χ4v) is 2.77. The lowest BCUT2D eigenvalue weighted by atomic mass is 10.1. The molecule has 3 nitrogen and oxygen atoms in total. The van der Waals surface area contributed by atoms with Crippen LogP contribution >= 0.6 is 0 Å². The van der Waals surface area contributed by atoms with Gasteiger partial charge in [-0.25, -0.2) is 0 Å². The number of carbonyl (C=O) groups is 1. The summed E-state index contributed by atoms with van der Waals surface area (Å²) in [5.41, 5.74) is 0. The zero-order valence-electron chi connectivity index (χ0n) is 10.2. The first-order valence-electron chi connectivity index (χ1n) is 6.87. The van der Waals surface area contributed by atoms with Crippen molar-refractivity contribution in [1.29, 1.82) is 0 Å². The van der Waals surface area contributed by atoms with Crippen LogP contribution in [0.4, 0.5) is 0 Å². The molecule has 2 saturated heterocycles. The second-order valence-electron chi connectivity index (χ2n) is 5.15. The summed E-state index contributed by atoms with van der Waals surface area (Å²) < 4.78 is 0. The third-order valence-electron chi connectivity index (χ3n) is 3.79. The van der Waals surface area contributed by atoms with Crippen LogP contribution in [0.15, 0.2) is 0 Å². The van der Waals surface area contributed by atoms with E-state index in [1.807, 2.05) is 0 Å². The molecule has 0 aliphatic carbocycles. The Morgan fingerprint density at radius 1 is 1.06 bits per heavy atom. The third kappa shape index (κ3) is 3.48. The van der Waals surface area contributed by atoms with E-state index in [4.69, 9.17) is 0 Å². The average Bonchev–Trinajstić information content (AvgIpc) is 2.69. The Morgan fingerprint density at radius 2 is 1.75 bits per heavy atom. The predicted molar refractivity (Wildman–Crippen MR) is 65.3 cm³/mol.